The number of hydrogen-bond acceptors (Lipinski definition) is 5. The number of hydrogen-bond donors (Lipinski definition) is 1. The zero-order valence-corrected chi connectivity index (χ0v) is 12.9. The molecule has 0 saturated carbocycles. The zero-order valence-electron chi connectivity index (χ0n) is 11.3. The molecule has 6 nitrogen and oxygen atoms in total. The molecular formula is C13H12ClN3O3S. The van der Waals surface area contributed by atoms with Gasteiger partial charge in [-0.05, 0) is 19.9 Å². The van der Waals surface area contributed by atoms with Crippen molar-refractivity contribution in [1.82, 2.24) is 10.3 Å². The molecule has 21 heavy (non-hydrogen) atoms. The SMILES string of the molecule is Cc1nc(C)c(CNC(=O)c2ccc([N+](=O)[O-])cc2Cl)s1. The Balaban J connectivity index is 2.10. The van der Waals surface area contributed by atoms with Crippen LogP contribution in [0.1, 0.15) is 25.9 Å². The quantitative estimate of drug-likeness (QED) is 0.690. The second-order valence-electron chi connectivity index (χ2n) is 4.35. The van der Waals surface area contributed by atoms with Crippen molar-refractivity contribution in [3.63, 3.8) is 0 Å². The van der Waals surface area contributed by atoms with Crippen LogP contribution in [-0.2, 0) is 6.54 Å². The number of nitrogens with one attached hydrogen (secondary N) is 1. The predicted molar refractivity (Wildman–Crippen MR) is 80.9 cm³/mol. The van der Waals surface area contributed by atoms with Gasteiger partial charge in [-0.3, -0.25) is 14.9 Å². The number of nitro benzene ring substituents is 1. The van der Waals surface area contributed by atoms with E-state index in [1.165, 1.54) is 29.5 Å². The van der Waals surface area contributed by atoms with Gasteiger partial charge in [-0.25, -0.2) is 4.98 Å². The van der Waals surface area contributed by atoms with Crippen molar-refractivity contribution < 1.29 is 9.72 Å². The second-order valence-corrected chi connectivity index (χ2v) is 6.04. The van der Waals surface area contributed by atoms with E-state index in [4.69, 9.17) is 11.6 Å². The lowest BCUT2D eigenvalue weighted by Crippen LogP contribution is -2.23. The summed E-state index contributed by atoms with van der Waals surface area (Å²) in [5.74, 6) is -0.375. The van der Waals surface area contributed by atoms with Gasteiger partial charge < -0.3 is 5.32 Å². The molecule has 0 aliphatic heterocycles. The molecule has 0 radical (unpaired) electrons. The number of nitro groups is 1. The fraction of sp³-hybridized carbons (Fsp3) is 0.231. The number of aromatic nitrogens is 1. The van der Waals surface area contributed by atoms with Crippen LogP contribution in [0.15, 0.2) is 18.2 Å². The second kappa shape index (κ2) is 6.19. The zero-order chi connectivity index (χ0) is 15.6. The van der Waals surface area contributed by atoms with E-state index in [1.54, 1.807) is 0 Å². The molecule has 0 atom stereocenters. The van der Waals surface area contributed by atoms with Gasteiger partial charge in [-0.15, -0.1) is 11.3 Å². The van der Waals surface area contributed by atoms with Gasteiger partial charge in [0.1, 0.15) is 0 Å². The van der Waals surface area contributed by atoms with Crippen molar-refractivity contribution in [3.05, 3.63) is 54.5 Å². The van der Waals surface area contributed by atoms with Crippen LogP contribution in [0.2, 0.25) is 5.02 Å². The molecule has 0 spiro atoms. The molecule has 1 aromatic heterocycles. The molecule has 2 aromatic rings. The Labute approximate surface area is 129 Å². The fourth-order valence-electron chi connectivity index (χ4n) is 1.80. The number of amides is 1. The van der Waals surface area contributed by atoms with Crippen LogP contribution in [0.25, 0.3) is 0 Å². The number of carbonyl (C=O) groups is 1. The van der Waals surface area contributed by atoms with Crippen molar-refractivity contribution >= 4 is 34.5 Å². The van der Waals surface area contributed by atoms with E-state index in [0.29, 0.717) is 6.54 Å². The Kier molecular flexibility index (Phi) is 4.54. The van der Waals surface area contributed by atoms with Crippen LogP contribution in [0, 0.1) is 24.0 Å². The predicted octanol–water partition coefficient (Wildman–Crippen LogP) is 3.25. The first-order chi connectivity index (χ1) is 9.88. The highest BCUT2D eigenvalue weighted by Crippen LogP contribution is 2.23. The third-order valence-corrected chi connectivity index (χ3v) is 4.20. The monoisotopic (exact) mass is 325 g/mol. The maximum absolute atomic E-state index is 12.1. The van der Waals surface area contributed by atoms with E-state index >= 15 is 0 Å². The molecular weight excluding hydrogens is 314 g/mol. The summed E-state index contributed by atoms with van der Waals surface area (Å²) in [5.41, 5.74) is 0.944. The van der Waals surface area contributed by atoms with Crippen LogP contribution < -0.4 is 5.32 Å². The van der Waals surface area contributed by atoms with Gasteiger partial charge in [0.2, 0.25) is 0 Å². The van der Waals surface area contributed by atoms with Crippen LogP contribution in [0.5, 0.6) is 0 Å². The first kappa shape index (κ1) is 15.4. The van der Waals surface area contributed by atoms with Crippen LogP contribution in [0.3, 0.4) is 0 Å². The van der Waals surface area contributed by atoms with Crippen molar-refractivity contribution in [2.75, 3.05) is 0 Å². The lowest BCUT2D eigenvalue weighted by molar-refractivity contribution is -0.384. The molecule has 1 amide bonds. The number of benzene rings is 1. The summed E-state index contributed by atoms with van der Waals surface area (Å²) in [5, 5.41) is 14.4. The van der Waals surface area contributed by atoms with Gasteiger partial charge in [-0.2, -0.15) is 0 Å². The van der Waals surface area contributed by atoms with Crippen LogP contribution in [-0.4, -0.2) is 15.8 Å². The maximum Gasteiger partial charge on any atom is 0.270 e. The summed E-state index contributed by atoms with van der Waals surface area (Å²) in [6, 6.07) is 3.77. The van der Waals surface area contributed by atoms with E-state index in [-0.39, 0.29) is 22.2 Å². The highest BCUT2D eigenvalue weighted by molar-refractivity contribution is 7.11. The van der Waals surface area contributed by atoms with Gasteiger partial charge in [0, 0.05) is 17.0 Å². The van der Waals surface area contributed by atoms with Crippen molar-refractivity contribution in [2.45, 2.75) is 20.4 Å². The number of thiazole rings is 1. The average Bonchev–Trinajstić information content (AvgIpc) is 2.74. The largest absolute Gasteiger partial charge is 0.347 e. The van der Waals surface area contributed by atoms with Crippen molar-refractivity contribution in [2.24, 2.45) is 0 Å². The lowest BCUT2D eigenvalue weighted by atomic mass is 10.2. The minimum atomic E-state index is -0.559. The molecule has 0 aliphatic carbocycles. The Bertz CT molecular complexity index is 715. The van der Waals surface area contributed by atoms with E-state index in [2.05, 4.69) is 10.3 Å². The highest BCUT2D eigenvalue weighted by Gasteiger charge is 2.15. The molecule has 0 unspecified atom stereocenters. The highest BCUT2D eigenvalue weighted by atomic mass is 35.5. The molecule has 2 rings (SSSR count). The number of carbonyl (C=O) groups excluding carboxylic acids is 1. The standard InChI is InChI=1S/C13H12ClN3O3S/c1-7-12(21-8(2)16-7)6-15-13(18)10-4-3-9(17(19)20)5-11(10)14/h3-5H,6H2,1-2H3,(H,15,18). The van der Waals surface area contributed by atoms with Gasteiger partial charge in [-0.1, -0.05) is 11.6 Å². The molecule has 0 fully saturated rings. The fourth-order valence-corrected chi connectivity index (χ4v) is 2.93. The summed E-state index contributed by atoms with van der Waals surface area (Å²) < 4.78 is 0. The summed E-state index contributed by atoms with van der Waals surface area (Å²) in [6.45, 7) is 4.13. The molecule has 0 bridgehead atoms. The molecule has 1 N–H and O–H groups in total. The first-order valence-electron chi connectivity index (χ1n) is 6.03. The number of nitrogens with zero attached hydrogens (tertiary/aromatic N) is 2. The molecule has 110 valence electrons. The topological polar surface area (TPSA) is 85.1 Å². The summed E-state index contributed by atoms with van der Waals surface area (Å²) in [4.78, 5) is 27.4. The lowest BCUT2D eigenvalue weighted by Gasteiger charge is -2.06. The van der Waals surface area contributed by atoms with Gasteiger partial charge >= 0.3 is 0 Å². The third kappa shape index (κ3) is 3.56. The number of halogens is 1. The molecule has 1 heterocycles. The summed E-state index contributed by atoms with van der Waals surface area (Å²) in [7, 11) is 0. The number of rotatable bonds is 4. The van der Waals surface area contributed by atoms with Crippen molar-refractivity contribution in [3.8, 4) is 0 Å². The third-order valence-electron chi connectivity index (χ3n) is 2.82. The van der Waals surface area contributed by atoms with Crippen LogP contribution in [0.4, 0.5) is 5.69 Å². The minimum Gasteiger partial charge on any atom is -0.347 e. The Morgan fingerprint density at radius 2 is 2.19 bits per heavy atom. The molecule has 1 aromatic carbocycles. The average molecular weight is 326 g/mol. The van der Waals surface area contributed by atoms with Gasteiger partial charge in [0.15, 0.2) is 0 Å². The van der Waals surface area contributed by atoms with Crippen molar-refractivity contribution in [1.29, 1.82) is 0 Å². The molecule has 0 aliphatic rings. The first-order valence-corrected chi connectivity index (χ1v) is 7.23. The Hall–Kier alpha value is -1.99. The molecule has 0 saturated heterocycles. The smallest absolute Gasteiger partial charge is 0.270 e. The van der Waals surface area contributed by atoms with Gasteiger partial charge in [0.25, 0.3) is 11.6 Å². The van der Waals surface area contributed by atoms with E-state index in [9.17, 15) is 14.9 Å². The summed E-state index contributed by atoms with van der Waals surface area (Å²) in [6.07, 6.45) is 0. The Morgan fingerprint density at radius 3 is 2.71 bits per heavy atom. The minimum absolute atomic E-state index is 0.0545. The van der Waals surface area contributed by atoms with E-state index < -0.39 is 4.92 Å². The normalized spacial score (nSPS) is 10.4. The number of aryl methyl sites for hydroxylation is 2. The molecule has 8 heteroatoms. The maximum atomic E-state index is 12.1. The van der Waals surface area contributed by atoms with E-state index in [1.807, 2.05) is 13.8 Å². The number of non-ortho nitro benzene ring substituents is 1. The summed E-state index contributed by atoms with van der Waals surface area (Å²) >= 11 is 7.42. The Morgan fingerprint density at radius 1 is 1.48 bits per heavy atom. The van der Waals surface area contributed by atoms with E-state index in [0.717, 1.165) is 15.6 Å². The van der Waals surface area contributed by atoms with Gasteiger partial charge in [0.05, 0.1) is 32.8 Å². The van der Waals surface area contributed by atoms with Crippen LogP contribution >= 0.6 is 22.9 Å².